The third-order valence-corrected chi connectivity index (χ3v) is 12.0. The van der Waals surface area contributed by atoms with Gasteiger partial charge in [0.05, 0.1) is 28.0 Å². The van der Waals surface area contributed by atoms with Crippen molar-refractivity contribution in [2.75, 3.05) is 0 Å². The molecule has 0 bridgehead atoms. The van der Waals surface area contributed by atoms with Crippen LogP contribution in [-0.2, 0) is 5.41 Å². The van der Waals surface area contributed by atoms with Gasteiger partial charge in [0.25, 0.3) is 0 Å². The molecule has 7 aromatic carbocycles. The molecule has 2 aromatic heterocycles. The molecule has 0 aliphatic heterocycles. The molecule has 9 rings (SSSR count). The number of imidazole rings is 1. The van der Waals surface area contributed by atoms with Crippen molar-refractivity contribution in [3.05, 3.63) is 192 Å². The highest BCUT2D eigenvalue weighted by atomic mass is 16.3. The molecule has 0 aliphatic carbocycles. The SMILES string of the molecule is [2H]C(C)(C)c1ccc(-n2c(-c3cc(C)cc(C)c3O)nc3c(-c4cc(-c5ccccc5)cc(-c5cc(-c6ccc(C)cc6)ccn5)c4)cccc32)c(-c2ccc(C(C)(C)C)cc2)c1. The average molecular weight is 809 g/mol. The molecule has 4 heteroatoms. The zero-order valence-electron chi connectivity index (χ0n) is 37.9. The first-order chi connectivity index (χ1) is 30.1. The second-order valence-electron chi connectivity index (χ2n) is 17.9. The van der Waals surface area contributed by atoms with Gasteiger partial charge in [0.2, 0.25) is 0 Å². The summed E-state index contributed by atoms with van der Waals surface area (Å²) in [5.41, 5.74) is 18.8. The van der Waals surface area contributed by atoms with E-state index in [9.17, 15) is 5.11 Å². The van der Waals surface area contributed by atoms with Gasteiger partial charge in [-0.3, -0.25) is 9.55 Å². The molecule has 0 saturated heterocycles. The number of hydrogen-bond donors (Lipinski definition) is 1. The van der Waals surface area contributed by atoms with Gasteiger partial charge in [-0.15, -0.1) is 0 Å². The third-order valence-electron chi connectivity index (χ3n) is 12.0. The third kappa shape index (κ3) is 7.74. The lowest BCUT2D eigenvalue weighted by atomic mass is 9.86. The Bertz CT molecular complexity index is 3150. The zero-order valence-corrected chi connectivity index (χ0v) is 36.9. The maximum atomic E-state index is 11.9. The number of rotatable bonds is 8. The highest BCUT2D eigenvalue weighted by Gasteiger charge is 2.24. The molecule has 306 valence electrons. The number of phenols is 1. The van der Waals surface area contributed by atoms with Crippen molar-refractivity contribution in [2.45, 2.75) is 66.7 Å². The molecule has 62 heavy (non-hydrogen) atoms. The Kier molecular flexibility index (Phi) is 10.2. The molecule has 1 N–H and O–H groups in total. The van der Waals surface area contributed by atoms with Gasteiger partial charge in [-0.25, -0.2) is 4.98 Å². The number of nitrogens with zero attached hydrogens (tertiary/aromatic N) is 3. The quantitative estimate of drug-likeness (QED) is 0.166. The van der Waals surface area contributed by atoms with E-state index in [1.807, 2.05) is 45.2 Å². The summed E-state index contributed by atoms with van der Waals surface area (Å²) in [6.45, 7) is 16.6. The molecule has 0 atom stereocenters. The average Bonchev–Trinajstić information content (AvgIpc) is 3.67. The smallest absolute Gasteiger partial charge is 0.149 e. The monoisotopic (exact) mass is 808 g/mol. The van der Waals surface area contributed by atoms with E-state index in [1.54, 1.807) is 0 Å². The predicted octanol–water partition coefficient (Wildman–Crippen LogP) is 15.5. The number of aromatic hydroxyl groups is 1. The molecule has 2 heterocycles. The van der Waals surface area contributed by atoms with E-state index in [2.05, 4.69) is 179 Å². The van der Waals surface area contributed by atoms with Crippen LogP contribution in [0.2, 0.25) is 0 Å². The van der Waals surface area contributed by atoms with Crippen molar-refractivity contribution < 1.29 is 6.48 Å². The van der Waals surface area contributed by atoms with Crippen LogP contribution in [0.15, 0.2) is 164 Å². The minimum absolute atomic E-state index is 0.00527. The van der Waals surface area contributed by atoms with E-state index in [0.717, 1.165) is 89.2 Å². The van der Waals surface area contributed by atoms with Gasteiger partial charge in [0.15, 0.2) is 0 Å². The largest absolute Gasteiger partial charge is 0.507 e. The van der Waals surface area contributed by atoms with Gasteiger partial charge >= 0.3 is 0 Å². The van der Waals surface area contributed by atoms with Crippen LogP contribution in [0, 0.1) is 20.8 Å². The predicted molar refractivity (Wildman–Crippen MR) is 260 cm³/mol. The Morgan fingerprint density at radius 1 is 0.565 bits per heavy atom. The Labute approximate surface area is 367 Å². The summed E-state index contributed by atoms with van der Waals surface area (Å²) in [7, 11) is 0. The van der Waals surface area contributed by atoms with Gasteiger partial charge in [0, 0.05) is 24.3 Å². The Balaban J connectivity index is 1.32. The highest BCUT2D eigenvalue weighted by Crippen LogP contribution is 2.43. The lowest BCUT2D eigenvalue weighted by Crippen LogP contribution is -2.10. The van der Waals surface area contributed by atoms with Crippen LogP contribution in [0.25, 0.3) is 83.9 Å². The number of aromatic nitrogens is 3. The molecule has 0 fully saturated rings. The Morgan fingerprint density at radius 3 is 1.98 bits per heavy atom. The topological polar surface area (TPSA) is 50.9 Å². The maximum absolute atomic E-state index is 11.9. The lowest BCUT2D eigenvalue weighted by molar-refractivity contribution is 0.472. The number of hydrogen-bond acceptors (Lipinski definition) is 3. The minimum Gasteiger partial charge on any atom is -0.507 e. The fourth-order valence-electron chi connectivity index (χ4n) is 8.55. The fraction of sp³-hybridized carbons (Fsp3) is 0.172. The van der Waals surface area contributed by atoms with Crippen molar-refractivity contribution in [2.24, 2.45) is 0 Å². The molecule has 9 aromatic rings. The van der Waals surface area contributed by atoms with E-state index >= 15 is 0 Å². The van der Waals surface area contributed by atoms with Crippen LogP contribution in [0.5, 0.6) is 5.75 Å². The maximum Gasteiger partial charge on any atom is 0.149 e. The molecular weight excluding hydrogens is 755 g/mol. The van der Waals surface area contributed by atoms with E-state index in [-0.39, 0.29) is 11.2 Å². The molecule has 0 radical (unpaired) electrons. The fourth-order valence-corrected chi connectivity index (χ4v) is 8.55. The first-order valence-electron chi connectivity index (χ1n) is 21.9. The van der Waals surface area contributed by atoms with Crippen molar-refractivity contribution in [1.82, 2.24) is 14.5 Å². The van der Waals surface area contributed by atoms with E-state index in [0.29, 0.717) is 11.4 Å². The number of phenolic OH excluding ortho intramolecular Hbond substituents is 1. The number of pyridine rings is 1. The summed E-state index contributed by atoms with van der Waals surface area (Å²) < 4.78 is 11.3. The minimum atomic E-state index is -0.826. The molecular formula is C58H53N3O. The summed E-state index contributed by atoms with van der Waals surface area (Å²) in [5, 5.41) is 11.9. The first kappa shape index (κ1) is 39.1. The van der Waals surface area contributed by atoms with Gasteiger partial charge < -0.3 is 5.11 Å². The van der Waals surface area contributed by atoms with Crippen LogP contribution in [-0.4, -0.2) is 19.6 Å². The molecule has 4 nitrogen and oxygen atoms in total. The number of benzene rings is 7. The van der Waals surface area contributed by atoms with Crippen molar-refractivity contribution in [3.8, 4) is 78.6 Å². The van der Waals surface area contributed by atoms with Gasteiger partial charge in [-0.1, -0.05) is 143 Å². The number of fused-ring (bicyclic) bond motifs is 1. The summed E-state index contributed by atoms with van der Waals surface area (Å²) in [6.07, 6.45) is 1.89. The van der Waals surface area contributed by atoms with Gasteiger partial charge in [-0.05, 0) is 142 Å². The van der Waals surface area contributed by atoms with Crippen LogP contribution in [0.4, 0.5) is 0 Å². The number of aryl methyl sites for hydroxylation is 3. The standard InChI is InChI=1S/C58H53N3O/c1-36(2)43-23-26-53(50(34-43)42-21-24-48(25-22-42)58(6,7)8)61-54-16-12-15-49(55(54)60-57(61)51-30-38(4)29-39(5)56(51)62)46-31-45(40-13-10-9-11-14-40)32-47(33-46)52-35-44(27-28-59-52)41-19-17-37(3)18-20-41/h9-36,62H,1-8H3/i36D. The van der Waals surface area contributed by atoms with Crippen molar-refractivity contribution in [1.29, 1.82) is 0 Å². The summed E-state index contributed by atoms with van der Waals surface area (Å²) in [5.74, 6) is 0.0128. The highest BCUT2D eigenvalue weighted by molar-refractivity contribution is 5.98. The Hall–Kier alpha value is -7.04. The molecule has 0 amide bonds. The summed E-state index contributed by atoms with van der Waals surface area (Å²) in [4.78, 5) is 10.5. The van der Waals surface area contributed by atoms with E-state index in [1.165, 1.54) is 11.1 Å². The van der Waals surface area contributed by atoms with E-state index < -0.39 is 5.89 Å². The van der Waals surface area contributed by atoms with Gasteiger partial charge in [0.1, 0.15) is 11.6 Å². The van der Waals surface area contributed by atoms with Crippen LogP contribution >= 0.6 is 0 Å². The second kappa shape index (κ2) is 16.1. The summed E-state index contributed by atoms with van der Waals surface area (Å²) in [6, 6.07) is 55.6. The number of para-hydroxylation sites is 1. The van der Waals surface area contributed by atoms with Crippen LogP contribution in [0.1, 0.15) is 69.7 Å². The van der Waals surface area contributed by atoms with Crippen LogP contribution in [0.3, 0.4) is 0 Å². The first-order valence-corrected chi connectivity index (χ1v) is 21.4. The summed E-state index contributed by atoms with van der Waals surface area (Å²) >= 11 is 0. The van der Waals surface area contributed by atoms with Crippen molar-refractivity contribution >= 4 is 11.0 Å². The van der Waals surface area contributed by atoms with E-state index in [4.69, 9.17) is 11.3 Å². The molecule has 0 spiro atoms. The second-order valence-corrected chi connectivity index (χ2v) is 17.9. The Morgan fingerprint density at radius 2 is 1.26 bits per heavy atom. The zero-order chi connectivity index (χ0) is 44.2. The lowest BCUT2D eigenvalue weighted by Gasteiger charge is -2.21. The van der Waals surface area contributed by atoms with Crippen molar-refractivity contribution in [3.63, 3.8) is 0 Å². The normalized spacial score (nSPS) is 12.2. The van der Waals surface area contributed by atoms with Gasteiger partial charge in [-0.2, -0.15) is 0 Å². The molecule has 0 unspecified atom stereocenters. The molecule has 0 aliphatic rings. The molecule has 0 saturated carbocycles. The van der Waals surface area contributed by atoms with Crippen LogP contribution < -0.4 is 0 Å².